The van der Waals surface area contributed by atoms with Crippen molar-refractivity contribution >= 4 is 41.8 Å². The fourth-order valence-electron chi connectivity index (χ4n) is 11.0. The van der Waals surface area contributed by atoms with Gasteiger partial charge in [-0.15, -0.1) is 0 Å². The highest BCUT2D eigenvalue weighted by Gasteiger charge is 2.61. The van der Waals surface area contributed by atoms with E-state index in [0.29, 0.717) is 100 Å². The molecule has 3 aromatic rings. The quantitative estimate of drug-likeness (QED) is 0.104. The van der Waals surface area contributed by atoms with E-state index in [1.54, 1.807) is 57.7 Å². The molecular weight excluding hydrogens is 1020 g/mol. The summed E-state index contributed by atoms with van der Waals surface area (Å²) in [6.07, 6.45) is 4.44. The third-order valence-electron chi connectivity index (χ3n) is 15.6. The van der Waals surface area contributed by atoms with Crippen molar-refractivity contribution in [2.24, 2.45) is 22.7 Å². The molecule has 3 N–H and O–H groups in total. The molecule has 2 unspecified atom stereocenters. The van der Waals surface area contributed by atoms with Crippen LogP contribution in [0, 0.1) is 22.7 Å². The number of fused-ring (bicyclic) bond motifs is 3. The Morgan fingerprint density at radius 2 is 0.949 bits per heavy atom. The fourth-order valence-corrected chi connectivity index (χ4v) is 11.0. The average molecular weight is 1100 g/mol. The minimum atomic E-state index is -0.605. The number of nitrogens with one attached hydrogen (secondary N) is 2. The summed E-state index contributed by atoms with van der Waals surface area (Å²) in [7, 11) is 2.72. The largest absolute Gasteiger partial charge is 0.492 e. The Morgan fingerprint density at radius 1 is 0.557 bits per heavy atom. The maximum atomic E-state index is 13.3. The van der Waals surface area contributed by atoms with Crippen molar-refractivity contribution in [3.05, 3.63) is 88.0 Å². The van der Waals surface area contributed by atoms with Gasteiger partial charge >= 0.3 is 24.1 Å². The lowest BCUT2D eigenvalue weighted by atomic mass is 9.90. The van der Waals surface area contributed by atoms with Crippen LogP contribution in [0.3, 0.4) is 0 Å². The van der Waals surface area contributed by atoms with Gasteiger partial charge in [0.15, 0.2) is 0 Å². The van der Waals surface area contributed by atoms with E-state index in [4.69, 9.17) is 33.6 Å². The molecule has 428 valence electrons. The third kappa shape index (κ3) is 14.2. The summed E-state index contributed by atoms with van der Waals surface area (Å²) in [4.78, 5) is 93.2. The zero-order valence-electron chi connectivity index (χ0n) is 46.7. The number of carbonyl (C=O) groups is 7. The first kappa shape index (κ1) is 58.0. The maximum absolute atomic E-state index is 13.3. The van der Waals surface area contributed by atoms with Crippen molar-refractivity contribution in [1.82, 2.24) is 30.4 Å². The van der Waals surface area contributed by atoms with Crippen LogP contribution in [0.15, 0.2) is 54.6 Å². The number of methoxy groups -OCH3 is 2. The molecule has 7 aliphatic rings. The third-order valence-corrected chi connectivity index (χ3v) is 15.6. The molecule has 4 fully saturated rings. The summed E-state index contributed by atoms with van der Waals surface area (Å²) in [5.41, 5.74) is 4.62. The second kappa shape index (κ2) is 24.1. The SMILES string of the molecule is CC(C)(C)OC(=O)N1CCC2(CC1)CC2C(=O)N1CCOc2cc(C(=O)NO)ccc2C1.COC(=O)c1ccc2c(c1)OCCN(C(=O)C1CC13CCN(C(=O)OC(C)(C)C)CC3)C2.COC(=O)c1ccc2c(c1)OCCNC2. The summed E-state index contributed by atoms with van der Waals surface area (Å²) in [6.45, 7) is 18.5. The van der Waals surface area contributed by atoms with Crippen LogP contribution in [0.5, 0.6) is 17.2 Å². The van der Waals surface area contributed by atoms with Crippen LogP contribution < -0.4 is 25.0 Å². The van der Waals surface area contributed by atoms with E-state index in [0.717, 1.165) is 74.1 Å². The van der Waals surface area contributed by atoms with Crippen molar-refractivity contribution in [1.29, 1.82) is 0 Å². The molecule has 0 aromatic heterocycles. The van der Waals surface area contributed by atoms with Gasteiger partial charge in [-0.2, -0.15) is 0 Å². The van der Waals surface area contributed by atoms with Crippen LogP contribution in [0.4, 0.5) is 9.59 Å². The molecule has 5 aliphatic heterocycles. The second-order valence-electron chi connectivity index (χ2n) is 23.3. The van der Waals surface area contributed by atoms with Crippen molar-refractivity contribution in [2.75, 3.05) is 79.9 Å². The molecule has 5 amide bonds. The highest BCUT2D eigenvalue weighted by atomic mass is 16.6. The van der Waals surface area contributed by atoms with Crippen LogP contribution in [-0.2, 0) is 48.2 Å². The monoisotopic (exact) mass is 1100 g/mol. The number of ether oxygens (including phenoxy) is 7. The molecule has 79 heavy (non-hydrogen) atoms. The number of likely N-dealkylation sites (tertiary alicyclic amines) is 2. The molecule has 0 radical (unpaired) electrons. The Morgan fingerprint density at radius 3 is 1.37 bits per heavy atom. The summed E-state index contributed by atoms with van der Waals surface area (Å²) in [5, 5.41) is 12.1. The number of hydroxylamine groups is 1. The van der Waals surface area contributed by atoms with Crippen LogP contribution in [-0.4, -0.2) is 158 Å². The van der Waals surface area contributed by atoms with Gasteiger partial charge in [0.25, 0.3) is 5.91 Å². The molecule has 2 saturated carbocycles. The fraction of sp³-hybridized carbons (Fsp3) is 0.569. The first-order valence-corrected chi connectivity index (χ1v) is 27.2. The Kier molecular flexibility index (Phi) is 17.7. The van der Waals surface area contributed by atoms with E-state index in [-0.39, 0.29) is 52.6 Å². The summed E-state index contributed by atoms with van der Waals surface area (Å²) >= 11 is 0. The summed E-state index contributed by atoms with van der Waals surface area (Å²) in [6, 6.07) is 15.5. The lowest BCUT2D eigenvalue weighted by Gasteiger charge is -2.34. The molecule has 0 bridgehead atoms. The number of rotatable bonds is 5. The number of amides is 5. The second-order valence-corrected chi connectivity index (χ2v) is 23.3. The number of piperidine rings is 2. The molecule has 21 nitrogen and oxygen atoms in total. The average Bonchev–Trinajstić information content (AvgIpc) is 4.38. The van der Waals surface area contributed by atoms with Gasteiger partial charge in [-0.1, -0.05) is 18.2 Å². The number of hydrogen-bond donors (Lipinski definition) is 3. The molecular formula is C58H76N6O15. The zero-order valence-corrected chi connectivity index (χ0v) is 46.7. The number of benzene rings is 3. The molecule has 2 atom stereocenters. The molecule has 10 rings (SSSR count). The van der Waals surface area contributed by atoms with Crippen molar-refractivity contribution in [3.63, 3.8) is 0 Å². The minimum absolute atomic E-state index is 0.000326. The van der Waals surface area contributed by atoms with Crippen molar-refractivity contribution in [3.8, 4) is 17.2 Å². The van der Waals surface area contributed by atoms with Gasteiger partial charge < -0.3 is 58.1 Å². The summed E-state index contributed by atoms with van der Waals surface area (Å²) < 4.78 is 37.5. The molecule has 5 heterocycles. The Hall–Kier alpha value is -7.13. The standard InChI is InChI=1S/C24H32N2O6.C23H31N3O6.C11H13NO3/c1-23(2,3)32-22(29)25-9-7-24(8-10-25)14-18(24)20(27)26-11-12-31-19-13-16(21(28)30-4)5-6-17(19)15-26;1-22(2,3)32-21(29)25-8-6-23(7-9-25)13-17(23)20(28)26-10-11-31-18-12-15(19(27)24-30)4-5-16(18)14-26;1-14-11(13)8-2-3-9-7-12-4-5-15-10(9)6-8/h5-6,13,18H,7-12,14-15H2,1-4H3;4-5,12,17,30H,6-11,13-14H2,1-3H3,(H,24,27);2-3,6,12H,4-5,7H2,1H3. The minimum Gasteiger partial charge on any atom is -0.492 e. The Balaban J connectivity index is 0.000000166. The first-order chi connectivity index (χ1) is 37.5. The lowest BCUT2D eigenvalue weighted by molar-refractivity contribution is -0.135. The lowest BCUT2D eigenvalue weighted by Crippen LogP contribution is -2.43. The van der Waals surface area contributed by atoms with E-state index in [1.807, 2.05) is 63.5 Å². The van der Waals surface area contributed by atoms with Gasteiger partial charge in [-0.05, 0) is 127 Å². The smallest absolute Gasteiger partial charge is 0.410 e. The number of esters is 2. The highest BCUT2D eigenvalue weighted by molar-refractivity contribution is 5.94. The van der Waals surface area contributed by atoms with Gasteiger partial charge in [0, 0.05) is 86.4 Å². The molecule has 21 heteroatoms. The summed E-state index contributed by atoms with van der Waals surface area (Å²) in [5.74, 6) is 0.855. The molecule has 2 spiro atoms. The predicted molar refractivity (Wildman–Crippen MR) is 285 cm³/mol. The zero-order chi connectivity index (χ0) is 56.9. The normalized spacial score (nSPS) is 20.5. The van der Waals surface area contributed by atoms with Crippen molar-refractivity contribution in [2.45, 2.75) is 111 Å². The van der Waals surface area contributed by atoms with Crippen LogP contribution >= 0.6 is 0 Å². The topological polar surface area (TPSA) is 241 Å². The van der Waals surface area contributed by atoms with Gasteiger partial charge in [-0.25, -0.2) is 24.7 Å². The van der Waals surface area contributed by atoms with E-state index >= 15 is 0 Å². The van der Waals surface area contributed by atoms with E-state index in [9.17, 15) is 33.6 Å². The van der Waals surface area contributed by atoms with E-state index < -0.39 is 23.1 Å². The predicted octanol–water partition coefficient (Wildman–Crippen LogP) is 6.75. The van der Waals surface area contributed by atoms with Gasteiger partial charge in [0.1, 0.15) is 48.3 Å². The van der Waals surface area contributed by atoms with Gasteiger partial charge in [0.2, 0.25) is 11.8 Å². The van der Waals surface area contributed by atoms with Crippen LogP contribution in [0.2, 0.25) is 0 Å². The van der Waals surface area contributed by atoms with E-state index in [1.165, 1.54) is 14.2 Å². The first-order valence-electron chi connectivity index (χ1n) is 27.2. The molecule has 3 aromatic carbocycles. The number of hydrogen-bond acceptors (Lipinski definition) is 16. The van der Waals surface area contributed by atoms with Crippen molar-refractivity contribution < 1.29 is 71.9 Å². The molecule has 2 saturated heterocycles. The molecule has 2 aliphatic carbocycles. The van der Waals surface area contributed by atoms with Crippen LogP contribution in [0.25, 0.3) is 0 Å². The van der Waals surface area contributed by atoms with Crippen LogP contribution in [0.1, 0.15) is 128 Å². The van der Waals surface area contributed by atoms with E-state index in [2.05, 4.69) is 10.1 Å². The number of carbonyl (C=O) groups excluding carboxylic acids is 7. The maximum Gasteiger partial charge on any atom is 0.410 e. The highest BCUT2D eigenvalue weighted by Crippen LogP contribution is 2.61. The Labute approximate surface area is 461 Å². The number of nitrogens with zero attached hydrogens (tertiary/aromatic N) is 4. The Bertz CT molecular complexity index is 2620. The van der Waals surface area contributed by atoms with Gasteiger partial charge in [0.05, 0.1) is 38.4 Å². The van der Waals surface area contributed by atoms with Gasteiger partial charge in [-0.3, -0.25) is 19.6 Å².